The van der Waals surface area contributed by atoms with Crippen molar-refractivity contribution in [3.8, 4) is 0 Å². The average Bonchev–Trinajstić information content (AvgIpc) is 2.73. The van der Waals surface area contributed by atoms with Gasteiger partial charge in [-0.3, -0.25) is 4.79 Å². The van der Waals surface area contributed by atoms with Crippen LogP contribution in [0, 0.1) is 5.82 Å². The van der Waals surface area contributed by atoms with E-state index in [1.807, 2.05) is 37.3 Å². The second-order valence-corrected chi connectivity index (χ2v) is 8.97. The zero-order valence-electron chi connectivity index (χ0n) is 16.3. The van der Waals surface area contributed by atoms with Crippen molar-refractivity contribution in [2.45, 2.75) is 30.7 Å². The van der Waals surface area contributed by atoms with Gasteiger partial charge in [-0.1, -0.05) is 30.3 Å². The van der Waals surface area contributed by atoms with E-state index >= 15 is 0 Å². The van der Waals surface area contributed by atoms with E-state index in [-0.39, 0.29) is 37.9 Å². The van der Waals surface area contributed by atoms with Crippen LogP contribution in [-0.2, 0) is 21.2 Å². The van der Waals surface area contributed by atoms with E-state index < -0.39 is 26.6 Å². The standard InChI is InChI=1S/C21H25FN2O4S/c1-16(7-8-17-5-3-2-4-6-17)23-21(25)18-9-10-19(22)20(15-18)29(26,27)24-11-13-28-14-12-24/h2-6,9-10,15-16H,7-8,11-14H2,1H3,(H,23,25). The molecule has 2 aromatic carbocycles. The summed E-state index contributed by atoms with van der Waals surface area (Å²) in [5.74, 6) is -1.30. The zero-order valence-corrected chi connectivity index (χ0v) is 17.1. The first-order chi connectivity index (χ1) is 13.9. The summed E-state index contributed by atoms with van der Waals surface area (Å²) in [5, 5.41) is 2.85. The third-order valence-electron chi connectivity index (χ3n) is 4.87. The van der Waals surface area contributed by atoms with Gasteiger partial charge in [-0.05, 0) is 43.5 Å². The second kappa shape index (κ2) is 9.47. The number of ether oxygens (including phenoxy) is 1. The van der Waals surface area contributed by atoms with Crippen molar-refractivity contribution in [1.82, 2.24) is 9.62 Å². The molecule has 1 saturated heterocycles. The molecule has 3 rings (SSSR count). The molecule has 0 bridgehead atoms. The predicted molar refractivity (Wildman–Crippen MR) is 108 cm³/mol. The molecule has 1 unspecified atom stereocenters. The maximum atomic E-state index is 14.3. The molecule has 1 amide bonds. The number of rotatable bonds is 7. The Morgan fingerprint density at radius 3 is 2.55 bits per heavy atom. The summed E-state index contributed by atoms with van der Waals surface area (Å²) in [6.07, 6.45) is 1.54. The minimum atomic E-state index is -4.03. The summed E-state index contributed by atoms with van der Waals surface area (Å²) in [5.41, 5.74) is 1.29. The molecule has 0 saturated carbocycles. The van der Waals surface area contributed by atoms with Gasteiger partial charge in [0.05, 0.1) is 13.2 Å². The van der Waals surface area contributed by atoms with Crippen molar-refractivity contribution < 1.29 is 22.3 Å². The lowest BCUT2D eigenvalue weighted by Crippen LogP contribution is -2.41. The maximum absolute atomic E-state index is 14.3. The fourth-order valence-corrected chi connectivity index (χ4v) is 4.67. The summed E-state index contributed by atoms with van der Waals surface area (Å²) >= 11 is 0. The topological polar surface area (TPSA) is 75.7 Å². The molecule has 0 aliphatic carbocycles. The van der Waals surface area contributed by atoms with Gasteiger partial charge < -0.3 is 10.1 Å². The number of nitrogens with one attached hydrogen (secondary N) is 1. The minimum Gasteiger partial charge on any atom is -0.379 e. The van der Waals surface area contributed by atoms with E-state index in [2.05, 4.69) is 5.32 Å². The van der Waals surface area contributed by atoms with Crippen LogP contribution in [0.2, 0.25) is 0 Å². The van der Waals surface area contributed by atoms with E-state index in [4.69, 9.17) is 4.74 Å². The number of aryl methyl sites for hydroxylation is 1. The van der Waals surface area contributed by atoms with Crippen LogP contribution in [0.3, 0.4) is 0 Å². The number of hydrogen-bond donors (Lipinski definition) is 1. The Hall–Kier alpha value is -2.29. The van der Waals surface area contributed by atoms with Crippen molar-refractivity contribution in [2.75, 3.05) is 26.3 Å². The third-order valence-corrected chi connectivity index (χ3v) is 6.78. The number of sulfonamides is 1. The van der Waals surface area contributed by atoms with Crippen LogP contribution >= 0.6 is 0 Å². The van der Waals surface area contributed by atoms with Gasteiger partial charge in [0.1, 0.15) is 10.7 Å². The lowest BCUT2D eigenvalue weighted by molar-refractivity contribution is 0.0729. The van der Waals surface area contributed by atoms with Crippen molar-refractivity contribution in [3.63, 3.8) is 0 Å². The molecule has 1 fully saturated rings. The minimum absolute atomic E-state index is 0.116. The Bertz CT molecular complexity index is 944. The SMILES string of the molecule is CC(CCc1ccccc1)NC(=O)c1ccc(F)c(S(=O)(=O)N2CCOCC2)c1. The maximum Gasteiger partial charge on any atom is 0.251 e. The predicted octanol–water partition coefficient (Wildman–Crippen LogP) is 2.60. The van der Waals surface area contributed by atoms with Gasteiger partial charge in [0.2, 0.25) is 10.0 Å². The van der Waals surface area contributed by atoms with E-state index in [0.29, 0.717) is 0 Å². The number of amides is 1. The zero-order chi connectivity index (χ0) is 20.9. The van der Waals surface area contributed by atoms with Gasteiger partial charge >= 0.3 is 0 Å². The number of carbonyl (C=O) groups is 1. The molecule has 1 N–H and O–H groups in total. The molecule has 29 heavy (non-hydrogen) atoms. The summed E-state index contributed by atoms with van der Waals surface area (Å²) < 4.78 is 46.1. The fourth-order valence-electron chi connectivity index (χ4n) is 3.18. The van der Waals surface area contributed by atoms with Crippen molar-refractivity contribution >= 4 is 15.9 Å². The molecule has 1 aliphatic heterocycles. The Kier molecular flexibility index (Phi) is 7.00. The fraction of sp³-hybridized carbons (Fsp3) is 0.381. The lowest BCUT2D eigenvalue weighted by atomic mass is 10.1. The Balaban J connectivity index is 1.68. The molecule has 8 heteroatoms. The van der Waals surface area contributed by atoms with Gasteiger partial charge in [0.25, 0.3) is 5.91 Å². The first-order valence-corrected chi connectivity index (χ1v) is 11.0. The van der Waals surface area contributed by atoms with E-state index in [1.165, 1.54) is 15.9 Å². The summed E-state index contributed by atoms with van der Waals surface area (Å²) in [6, 6.07) is 13.2. The number of nitrogens with zero attached hydrogens (tertiary/aromatic N) is 1. The average molecular weight is 421 g/mol. The van der Waals surface area contributed by atoms with E-state index in [0.717, 1.165) is 25.0 Å². The van der Waals surface area contributed by atoms with Crippen LogP contribution in [0.4, 0.5) is 4.39 Å². The van der Waals surface area contributed by atoms with Crippen LogP contribution in [0.1, 0.15) is 29.3 Å². The normalized spacial score (nSPS) is 16.3. The van der Waals surface area contributed by atoms with Gasteiger partial charge in [-0.15, -0.1) is 0 Å². The second-order valence-electron chi connectivity index (χ2n) is 7.06. The molecule has 0 spiro atoms. The Morgan fingerprint density at radius 2 is 1.86 bits per heavy atom. The van der Waals surface area contributed by atoms with Crippen LogP contribution < -0.4 is 5.32 Å². The molecule has 0 radical (unpaired) electrons. The molecule has 2 aromatic rings. The highest BCUT2D eigenvalue weighted by Gasteiger charge is 2.29. The summed E-state index contributed by atoms with van der Waals surface area (Å²) in [7, 11) is -4.03. The number of hydrogen-bond acceptors (Lipinski definition) is 4. The largest absolute Gasteiger partial charge is 0.379 e. The van der Waals surface area contributed by atoms with Crippen LogP contribution in [0.15, 0.2) is 53.4 Å². The number of morpholine rings is 1. The quantitative estimate of drug-likeness (QED) is 0.747. The number of carbonyl (C=O) groups excluding carboxylic acids is 1. The van der Waals surface area contributed by atoms with Crippen molar-refractivity contribution in [1.29, 1.82) is 0 Å². The summed E-state index contributed by atoms with van der Waals surface area (Å²) in [4.78, 5) is 12.1. The molecule has 1 heterocycles. The van der Waals surface area contributed by atoms with Crippen molar-refractivity contribution in [2.24, 2.45) is 0 Å². The highest BCUT2D eigenvalue weighted by atomic mass is 32.2. The monoisotopic (exact) mass is 420 g/mol. The van der Waals surface area contributed by atoms with Crippen LogP contribution in [-0.4, -0.2) is 51.0 Å². The highest BCUT2D eigenvalue weighted by molar-refractivity contribution is 7.89. The molecule has 1 aliphatic rings. The van der Waals surface area contributed by atoms with Gasteiger partial charge in [0, 0.05) is 24.7 Å². The first-order valence-electron chi connectivity index (χ1n) is 9.60. The molecular formula is C21H25FN2O4S. The number of benzene rings is 2. The first kappa shape index (κ1) is 21.4. The molecule has 6 nitrogen and oxygen atoms in total. The smallest absolute Gasteiger partial charge is 0.251 e. The van der Waals surface area contributed by atoms with Gasteiger partial charge in [0.15, 0.2) is 0 Å². The van der Waals surface area contributed by atoms with Crippen LogP contribution in [0.25, 0.3) is 0 Å². The summed E-state index contributed by atoms with van der Waals surface area (Å²) in [6.45, 7) is 2.74. The van der Waals surface area contributed by atoms with E-state index in [9.17, 15) is 17.6 Å². The number of halogens is 1. The van der Waals surface area contributed by atoms with Gasteiger partial charge in [-0.25, -0.2) is 12.8 Å². The molecule has 0 aromatic heterocycles. The third kappa shape index (κ3) is 5.41. The van der Waals surface area contributed by atoms with Crippen molar-refractivity contribution in [3.05, 3.63) is 65.5 Å². The Morgan fingerprint density at radius 1 is 1.17 bits per heavy atom. The Labute approximate surface area is 170 Å². The lowest BCUT2D eigenvalue weighted by Gasteiger charge is -2.26. The van der Waals surface area contributed by atoms with Crippen LogP contribution in [0.5, 0.6) is 0 Å². The van der Waals surface area contributed by atoms with Gasteiger partial charge in [-0.2, -0.15) is 4.31 Å². The molecule has 1 atom stereocenters. The highest BCUT2D eigenvalue weighted by Crippen LogP contribution is 2.22. The van der Waals surface area contributed by atoms with E-state index in [1.54, 1.807) is 0 Å². The molecular weight excluding hydrogens is 395 g/mol. The molecule has 156 valence electrons.